The van der Waals surface area contributed by atoms with Crippen LogP contribution in [0.15, 0.2) is 64.8 Å². The van der Waals surface area contributed by atoms with E-state index in [1.54, 1.807) is 30.3 Å². The van der Waals surface area contributed by atoms with E-state index in [4.69, 9.17) is 5.11 Å². The molecule has 0 bridgehead atoms. The normalized spacial score (nSPS) is 10.9. The number of hydrogen-bond donors (Lipinski definition) is 3. The van der Waals surface area contributed by atoms with Crippen molar-refractivity contribution < 1.29 is 19.5 Å². The van der Waals surface area contributed by atoms with E-state index in [1.165, 1.54) is 0 Å². The summed E-state index contributed by atoms with van der Waals surface area (Å²) in [5.41, 5.74) is 1.23. The molecule has 0 spiro atoms. The molecule has 140 valence electrons. The van der Waals surface area contributed by atoms with Crippen LogP contribution in [0.5, 0.6) is 0 Å². The molecule has 0 heterocycles. The van der Waals surface area contributed by atoms with Gasteiger partial charge in [0.05, 0.1) is 5.56 Å². The zero-order chi connectivity index (χ0) is 19.6. The molecule has 7 heteroatoms. The van der Waals surface area contributed by atoms with Crippen molar-refractivity contribution in [2.24, 2.45) is 0 Å². The van der Waals surface area contributed by atoms with Crippen molar-refractivity contribution in [3.05, 3.63) is 75.9 Å². The lowest BCUT2D eigenvalue weighted by molar-refractivity contribution is -0.137. The largest absolute Gasteiger partial charge is 0.481 e. The van der Waals surface area contributed by atoms with E-state index in [0.717, 1.165) is 5.56 Å². The third-order valence-corrected chi connectivity index (χ3v) is 4.27. The van der Waals surface area contributed by atoms with Gasteiger partial charge in [-0.3, -0.25) is 14.4 Å². The molecule has 0 radical (unpaired) electrons. The molecule has 0 atom stereocenters. The first kappa shape index (κ1) is 20.4. The van der Waals surface area contributed by atoms with E-state index in [1.807, 2.05) is 30.3 Å². The number of halogens is 1. The molecule has 0 aliphatic rings. The van der Waals surface area contributed by atoms with Crippen molar-refractivity contribution in [3.8, 4) is 0 Å². The Labute approximate surface area is 165 Å². The zero-order valence-electron chi connectivity index (χ0n) is 14.4. The Morgan fingerprint density at radius 1 is 1.00 bits per heavy atom. The molecular weight excluding hydrogens is 412 g/mol. The standard InChI is InChI=1S/C20H19BrN2O4/c21-16-10-5-4-9-15(16)19(26)23-17(13-14-7-2-1-3-8-14)20(27)22-12-6-11-18(24)25/h1-5,7-10,13H,6,11-12H2,(H,22,27)(H,23,26)(H,24,25)/b17-13-. The highest BCUT2D eigenvalue weighted by molar-refractivity contribution is 9.10. The van der Waals surface area contributed by atoms with E-state index in [0.29, 0.717) is 16.5 Å². The van der Waals surface area contributed by atoms with Gasteiger partial charge in [0.2, 0.25) is 0 Å². The van der Waals surface area contributed by atoms with E-state index in [9.17, 15) is 14.4 Å². The number of aliphatic carboxylic acids is 1. The summed E-state index contributed by atoms with van der Waals surface area (Å²) < 4.78 is 0.614. The van der Waals surface area contributed by atoms with Crippen LogP contribution in [0.1, 0.15) is 28.8 Å². The van der Waals surface area contributed by atoms with E-state index in [2.05, 4.69) is 26.6 Å². The minimum Gasteiger partial charge on any atom is -0.481 e. The highest BCUT2D eigenvalue weighted by Gasteiger charge is 2.16. The highest BCUT2D eigenvalue weighted by Crippen LogP contribution is 2.16. The molecule has 2 aromatic rings. The average molecular weight is 431 g/mol. The molecule has 0 fully saturated rings. The first-order valence-corrected chi connectivity index (χ1v) is 9.09. The summed E-state index contributed by atoms with van der Waals surface area (Å²) >= 11 is 3.32. The van der Waals surface area contributed by atoms with Crippen LogP contribution in [0.4, 0.5) is 0 Å². The minimum absolute atomic E-state index is 0.0403. The van der Waals surface area contributed by atoms with Gasteiger partial charge in [-0.15, -0.1) is 0 Å². The zero-order valence-corrected chi connectivity index (χ0v) is 16.0. The summed E-state index contributed by atoms with van der Waals surface area (Å²) in [6, 6.07) is 16.0. The quantitative estimate of drug-likeness (QED) is 0.442. The lowest BCUT2D eigenvalue weighted by Gasteiger charge is -2.12. The molecule has 0 unspecified atom stereocenters. The first-order chi connectivity index (χ1) is 13.0. The van der Waals surface area contributed by atoms with Crippen LogP contribution in [0, 0.1) is 0 Å². The highest BCUT2D eigenvalue weighted by atomic mass is 79.9. The van der Waals surface area contributed by atoms with Crippen LogP contribution in [0.2, 0.25) is 0 Å². The Morgan fingerprint density at radius 3 is 2.33 bits per heavy atom. The fraction of sp³-hybridized carbons (Fsp3) is 0.150. The van der Waals surface area contributed by atoms with Crippen molar-refractivity contribution in [2.75, 3.05) is 6.54 Å². The van der Waals surface area contributed by atoms with Gasteiger partial charge in [0.1, 0.15) is 5.70 Å². The Bertz CT molecular complexity index is 850. The third kappa shape index (κ3) is 6.71. The number of hydrogen-bond acceptors (Lipinski definition) is 3. The molecule has 0 saturated heterocycles. The number of carbonyl (C=O) groups is 3. The van der Waals surface area contributed by atoms with Crippen LogP contribution >= 0.6 is 15.9 Å². The summed E-state index contributed by atoms with van der Waals surface area (Å²) in [6.07, 6.45) is 1.83. The summed E-state index contributed by atoms with van der Waals surface area (Å²) in [6.45, 7) is 0.197. The molecule has 0 aliphatic carbocycles. The SMILES string of the molecule is O=C(O)CCCNC(=O)/C(=C/c1ccccc1)NC(=O)c1ccccc1Br. The topological polar surface area (TPSA) is 95.5 Å². The predicted octanol–water partition coefficient (Wildman–Crippen LogP) is 3.20. The van der Waals surface area contributed by atoms with E-state index >= 15 is 0 Å². The molecule has 0 saturated carbocycles. The van der Waals surface area contributed by atoms with Gasteiger partial charge in [-0.2, -0.15) is 0 Å². The Hall–Kier alpha value is -2.93. The van der Waals surface area contributed by atoms with Crippen LogP contribution in [0.3, 0.4) is 0 Å². The summed E-state index contributed by atoms with van der Waals surface area (Å²) in [7, 11) is 0. The molecular formula is C20H19BrN2O4. The maximum absolute atomic E-state index is 12.6. The third-order valence-electron chi connectivity index (χ3n) is 3.57. The molecule has 2 rings (SSSR count). The average Bonchev–Trinajstić information content (AvgIpc) is 2.65. The van der Waals surface area contributed by atoms with Gasteiger partial charge in [0.15, 0.2) is 0 Å². The Kier molecular flexibility index (Phi) is 7.76. The summed E-state index contributed by atoms with van der Waals surface area (Å²) in [5.74, 6) is -1.83. The number of carboxylic acids is 1. The molecule has 6 nitrogen and oxygen atoms in total. The number of amides is 2. The second-order valence-corrected chi connectivity index (χ2v) is 6.51. The Morgan fingerprint density at radius 2 is 1.67 bits per heavy atom. The van der Waals surface area contributed by atoms with Crippen molar-refractivity contribution in [3.63, 3.8) is 0 Å². The monoisotopic (exact) mass is 430 g/mol. The van der Waals surface area contributed by atoms with Gasteiger partial charge in [-0.05, 0) is 46.1 Å². The van der Waals surface area contributed by atoms with E-state index in [-0.39, 0.29) is 18.7 Å². The Balaban J connectivity index is 2.16. The molecule has 0 aliphatic heterocycles. The molecule has 2 amide bonds. The number of nitrogens with one attached hydrogen (secondary N) is 2. The second-order valence-electron chi connectivity index (χ2n) is 5.66. The van der Waals surface area contributed by atoms with Crippen LogP contribution in [0.25, 0.3) is 6.08 Å². The second kappa shape index (κ2) is 10.3. The van der Waals surface area contributed by atoms with E-state index < -0.39 is 17.8 Å². The summed E-state index contributed by atoms with van der Waals surface area (Å²) in [5, 5.41) is 13.9. The summed E-state index contributed by atoms with van der Waals surface area (Å²) in [4.78, 5) is 35.6. The predicted molar refractivity (Wildman–Crippen MR) is 106 cm³/mol. The van der Waals surface area contributed by atoms with Crippen LogP contribution in [-0.2, 0) is 9.59 Å². The molecule has 3 N–H and O–H groups in total. The van der Waals surface area contributed by atoms with Crippen molar-refractivity contribution >= 4 is 39.8 Å². The van der Waals surface area contributed by atoms with Gasteiger partial charge in [0.25, 0.3) is 11.8 Å². The molecule has 0 aromatic heterocycles. The van der Waals surface area contributed by atoms with Crippen molar-refractivity contribution in [2.45, 2.75) is 12.8 Å². The number of carbonyl (C=O) groups excluding carboxylic acids is 2. The maximum atomic E-state index is 12.6. The fourth-order valence-electron chi connectivity index (χ4n) is 2.25. The van der Waals surface area contributed by atoms with Crippen LogP contribution in [-0.4, -0.2) is 29.4 Å². The van der Waals surface area contributed by atoms with Gasteiger partial charge in [0, 0.05) is 17.4 Å². The van der Waals surface area contributed by atoms with Crippen molar-refractivity contribution in [1.82, 2.24) is 10.6 Å². The number of carboxylic acid groups (broad SMARTS) is 1. The van der Waals surface area contributed by atoms with Gasteiger partial charge < -0.3 is 15.7 Å². The fourth-order valence-corrected chi connectivity index (χ4v) is 2.71. The maximum Gasteiger partial charge on any atom is 0.303 e. The van der Waals surface area contributed by atoms with Crippen LogP contribution < -0.4 is 10.6 Å². The molecule has 2 aromatic carbocycles. The van der Waals surface area contributed by atoms with Gasteiger partial charge in [-0.1, -0.05) is 42.5 Å². The smallest absolute Gasteiger partial charge is 0.303 e. The van der Waals surface area contributed by atoms with Gasteiger partial charge in [-0.25, -0.2) is 0 Å². The minimum atomic E-state index is -0.925. The molecule has 27 heavy (non-hydrogen) atoms. The van der Waals surface area contributed by atoms with Crippen molar-refractivity contribution in [1.29, 1.82) is 0 Å². The lowest BCUT2D eigenvalue weighted by Crippen LogP contribution is -2.35. The first-order valence-electron chi connectivity index (χ1n) is 8.30. The van der Waals surface area contributed by atoms with Gasteiger partial charge >= 0.3 is 5.97 Å². The number of rotatable bonds is 8. The lowest BCUT2D eigenvalue weighted by atomic mass is 10.1. The number of benzene rings is 2.